The predicted octanol–water partition coefficient (Wildman–Crippen LogP) is 2.37. The Labute approximate surface area is 113 Å². The second kappa shape index (κ2) is 4.20. The van der Waals surface area contributed by atoms with Crippen molar-refractivity contribution in [3.8, 4) is 0 Å². The maximum absolute atomic E-state index is 12.0. The van der Waals surface area contributed by atoms with E-state index in [1.54, 1.807) is 31.2 Å². The predicted molar refractivity (Wildman–Crippen MR) is 68.2 cm³/mol. The molecule has 96 valence electrons. The van der Waals surface area contributed by atoms with E-state index >= 15 is 0 Å². The molecule has 3 rings (SSSR count). The maximum Gasteiger partial charge on any atom is 0.299 e. The Morgan fingerprint density at radius 3 is 2.84 bits per heavy atom. The third kappa shape index (κ3) is 1.82. The van der Waals surface area contributed by atoms with E-state index in [4.69, 9.17) is 16.1 Å². The Morgan fingerprint density at radius 1 is 1.37 bits per heavy atom. The van der Waals surface area contributed by atoms with E-state index < -0.39 is 11.7 Å². The number of fused-ring (bicyclic) bond motifs is 1. The lowest BCUT2D eigenvalue weighted by Crippen LogP contribution is -2.28. The van der Waals surface area contributed by atoms with Crippen LogP contribution >= 0.6 is 11.6 Å². The average Bonchev–Trinajstić information content (AvgIpc) is 2.88. The Kier molecular flexibility index (Phi) is 2.64. The van der Waals surface area contributed by atoms with Crippen molar-refractivity contribution in [1.29, 1.82) is 0 Å². The van der Waals surface area contributed by atoms with E-state index in [2.05, 4.69) is 5.16 Å². The molecule has 0 spiro atoms. The number of anilines is 1. The fourth-order valence-corrected chi connectivity index (χ4v) is 2.36. The van der Waals surface area contributed by atoms with Crippen molar-refractivity contribution >= 4 is 29.0 Å². The van der Waals surface area contributed by atoms with Gasteiger partial charge in [-0.1, -0.05) is 22.8 Å². The van der Waals surface area contributed by atoms with Crippen LogP contribution in [0.25, 0.3) is 0 Å². The van der Waals surface area contributed by atoms with Crippen LogP contribution in [-0.4, -0.2) is 16.8 Å². The topological polar surface area (TPSA) is 63.4 Å². The van der Waals surface area contributed by atoms with Gasteiger partial charge in [-0.15, -0.1) is 0 Å². The second-order valence-corrected chi connectivity index (χ2v) is 4.70. The molecule has 0 saturated heterocycles. The van der Waals surface area contributed by atoms with Crippen molar-refractivity contribution in [3.63, 3.8) is 0 Å². The number of benzene rings is 1. The van der Waals surface area contributed by atoms with Crippen LogP contribution < -0.4 is 4.90 Å². The molecular weight excluding hydrogens is 268 g/mol. The SMILES string of the molecule is Cc1cc(CN2C(=O)C(=O)c3c(Cl)cccc32)on1. The summed E-state index contributed by atoms with van der Waals surface area (Å²) >= 11 is 5.97. The van der Waals surface area contributed by atoms with Gasteiger partial charge in [0.15, 0.2) is 5.76 Å². The molecule has 1 aliphatic heterocycles. The highest BCUT2D eigenvalue weighted by Gasteiger charge is 2.37. The highest BCUT2D eigenvalue weighted by Crippen LogP contribution is 2.34. The molecule has 0 saturated carbocycles. The lowest BCUT2D eigenvalue weighted by Gasteiger charge is -2.14. The minimum Gasteiger partial charge on any atom is -0.359 e. The van der Waals surface area contributed by atoms with Crippen molar-refractivity contribution < 1.29 is 14.1 Å². The molecule has 0 fully saturated rings. The molecule has 1 aromatic heterocycles. The van der Waals surface area contributed by atoms with Gasteiger partial charge in [0.25, 0.3) is 11.7 Å². The lowest BCUT2D eigenvalue weighted by atomic mass is 10.1. The van der Waals surface area contributed by atoms with Gasteiger partial charge >= 0.3 is 0 Å². The zero-order valence-corrected chi connectivity index (χ0v) is 10.8. The summed E-state index contributed by atoms with van der Waals surface area (Å²) in [5.74, 6) is -0.666. The normalized spacial score (nSPS) is 14.1. The number of carbonyl (C=O) groups excluding carboxylic acids is 2. The summed E-state index contributed by atoms with van der Waals surface area (Å²) in [5.41, 5.74) is 1.49. The van der Waals surface area contributed by atoms with Crippen molar-refractivity contribution in [2.24, 2.45) is 0 Å². The molecule has 1 aromatic carbocycles. The van der Waals surface area contributed by atoms with Gasteiger partial charge in [0.2, 0.25) is 0 Å². The van der Waals surface area contributed by atoms with E-state index in [0.717, 1.165) is 5.69 Å². The summed E-state index contributed by atoms with van der Waals surface area (Å²) in [6.07, 6.45) is 0. The third-order valence-electron chi connectivity index (χ3n) is 2.94. The number of carbonyl (C=O) groups is 2. The first kappa shape index (κ1) is 11.9. The summed E-state index contributed by atoms with van der Waals surface area (Å²) < 4.78 is 5.07. The molecule has 0 N–H and O–H groups in total. The van der Waals surface area contributed by atoms with Crippen LogP contribution in [-0.2, 0) is 11.3 Å². The first-order valence-electron chi connectivity index (χ1n) is 5.65. The van der Waals surface area contributed by atoms with Crippen LogP contribution in [0.5, 0.6) is 0 Å². The zero-order chi connectivity index (χ0) is 13.6. The van der Waals surface area contributed by atoms with Gasteiger partial charge in [0.05, 0.1) is 28.5 Å². The Bertz CT molecular complexity index is 693. The van der Waals surface area contributed by atoms with Crippen LogP contribution in [0.4, 0.5) is 5.69 Å². The number of Topliss-reactive ketones (excluding diaryl/α,β-unsaturated/α-hetero) is 1. The van der Waals surface area contributed by atoms with E-state index in [1.165, 1.54) is 4.90 Å². The first-order valence-corrected chi connectivity index (χ1v) is 6.02. The summed E-state index contributed by atoms with van der Waals surface area (Å²) in [7, 11) is 0. The fourth-order valence-electron chi connectivity index (χ4n) is 2.11. The molecule has 19 heavy (non-hydrogen) atoms. The van der Waals surface area contributed by atoms with Crippen LogP contribution in [0.2, 0.25) is 5.02 Å². The van der Waals surface area contributed by atoms with E-state index in [9.17, 15) is 9.59 Å². The molecular formula is C13H9ClN2O3. The van der Waals surface area contributed by atoms with Crippen LogP contribution in [0, 0.1) is 6.92 Å². The highest BCUT2D eigenvalue weighted by molar-refractivity contribution is 6.55. The van der Waals surface area contributed by atoms with Crippen molar-refractivity contribution in [2.75, 3.05) is 4.90 Å². The molecule has 0 atom stereocenters. The maximum atomic E-state index is 12.0. The van der Waals surface area contributed by atoms with Crippen molar-refractivity contribution in [1.82, 2.24) is 5.16 Å². The summed E-state index contributed by atoms with van der Waals surface area (Å²) in [6.45, 7) is 1.95. The van der Waals surface area contributed by atoms with Gasteiger partial charge < -0.3 is 4.52 Å². The second-order valence-electron chi connectivity index (χ2n) is 4.29. The molecule has 1 aliphatic rings. The number of aromatic nitrogens is 1. The zero-order valence-electron chi connectivity index (χ0n) is 10.0. The Morgan fingerprint density at radius 2 is 2.16 bits per heavy atom. The van der Waals surface area contributed by atoms with Gasteiger partial charge in [-0.25, -0.2) is 0 Å². The number of halogens is 1. The Balaban J connectivity index is 2.02. The van der Waals surface area contributed by atoms with Gasteiger partial charge in [-0.2, -0.15) is 0 Å². The smallest absolute Gasteiger partial charge is 0.299 e. The van der Waals surface area contributed by atoms with E-state index in [1.807, 2.05) is 0 Å². The minimum absolute atomic E-state index is 0.165. The van der Waals surface area contributed by atoms with Crippen LogP contribution in [0.15, 0.2) is 28.8 Å². The van der Waals surface area contributed by atoms with Gasteiger partial charge in [0.1, 0.15) is 0 Å². The third-order valence-corrected chi connectivity index (χ3v) is 3.25. The highest BCUT2D eigenvalue weighted by atomic mass is 35.5. The lowest BCUT2D eigenvalue weighted by molar-refractivity contribution is -0.114. The molecule has 0 radical (unpaired) electrons. The van der Waals surface area contributed by atoms with Gasteiger partial charge in [-0.3, -0.25) is 14.5 Å². The quantitative estimate of drug-likeness (QED) is 0.790. The number of amides is 1. The van der Waals surface area contributed by atoms with Crippen LogP contribution in [0.1, 0.15) is 21.8 Å². The van der Waals surface area contributed by atoms with Gasteiger partial charge in [-0.05, 0) is 19.1 Å². The molecule has 1 amide bonds. The number of hydrogen-bond acceptors (Lipinski definition) is 4. The number of nitrogens with zero attached hydrogens (tertiary/aromatic N) is 2. The number of aryl methyl sites for hydroxylation is 1. The molecule has 6 heteroatoms. The monoisotopic (exact) mass is 276 g/mol. The average molecular weight is 277 g/mol. The van der Waals surface area contributed by atoms with Crippen molar-refractivity contribution in [3.05, 3.63) is 46.3 Å². The minimum atomic E-state index is -0.600. The molecule has 5 nitrogen and oxygen atoms in total. The van der Waals surface area contributed by atoms with E-state index in [0.29, 0.717) is 11.4 Å². The molecule has 0 unspecified atom stereocenters. The summed E-state index contributed by atoms with van der Waals surface area (Å²) in [6, 6.07) is 6.70. The largest absolute Gasteiger partial charge is 0.359 e. The molecule has 0 bridgehead atoms. The fraction of sp³-hybridized carbons (Fsp3) is 0.154. The standard InChI is InChI=1S/C13H9ClN2O3/c1-7-5-8(19-15-7)6-16-10-4-2-3-9(14)11(10)12(17)13(16)18/h2-5H,6H2,1H3. The first-order chi connectivity index (χ1) is 9.08. The van der Waals surface area contributed by atoms with Crippen molar-refractivity contribution in [2.45, 2.75) is 13.5 Å². The van der Waals surface area contributed by atoms with Crippen LogP contribution in [0.3, 0.4) is 0 Å². The Hall–Kier alpha value is -2.14. The van der Waals surface area contributed by atoms with Gasteiger partial charge in [0, 0.05) is 6.07 Å². The number of ketones is 1. The molecule has 2 heterocycles. The summed E-state index contributed by atoms with van der Waals surface area (Å²) in [5, 5.41) is 4.04. The summed E-state index contributed by atoms with van der Waals surface area (Å²) in [4.78, 5) is 25.2. The molecule has 0 aliphatic carbocycles. The molecule has 2 aromatic rings. The number of rotatable bonds is 2. The number of hydrogen-bond donors (Lipinski definition) is 0. The van der Waals surface area contributed by atoms with E-state index in [-0.39, 0.29) is 17.1 Å².